The van der Waals surface area contributed by atoms with Gasteiger partial charge in [-0.3, -0.25) is 0 Å². The molecule has 1 fully saturated rings. The highest BCUT2D eigenvalue weighted by Crippen LogP contribution is 2.39. The maximum Gasteiger partial charge on any atom is 0.367 e. The minimum Gasteiger partial charge on any atom is -0.497 e. The molecule has 5 heteroatoms. The number of cyclic esters (lactones) is 1. The second-order valence-electron chi connectivity index (χ2n) is 6.32. The van der Waals surface area contributed by atoms with Gasteiger partial charge in [0.1, 0.15) is 17.0 Å². The van der Waals surface area contributed by atoms with Crippen molar-refractivity contribution in [3.05, 3.63) is 29.8 Å². The average molecular weight is 294 g/mol. The molecule has 116 valence electrons. The number of benzene rings is 1. The van der Waals surface area contributed by atoms with Gasteiger partial charge in [-0.2, -0.15) is 0 Å². The van der Waals surface area contributed by atoms with Crippen molar-refractivity contribution in [2.75, 3.05) is 7.11 Å². The van der Waals surface area contributed by atoms with E-state index in [1.807, 2.05) is 0 Å². The summed E-state index contributed by atoms with van der Waals surface area (Å²) in [6, 6.07) is 7.09. The van der Waals surface area contributed by atoms with E-state index in [0.29, 0.717) is 5.75 Å². The zero-order valence-corrected chi connectivity index (χ0v) is 13.1. The number of aliphatic hydroxyl groups is 1. The van der Waals surface area contributed by atoms with Crippen LogP contribution in [0, 0.1) is 0 Å². The number of hydrogen-bond donors (Lipinski definition) is 1. The maximum atomic E-state index is 12.1. The highest BCUT2D eigenvalue weighted by atomic mass is 16.7. The molecule has 0 amide bonds. The molecule has 1 aliphatic rings. The van der Waals surface area contributed by atoms with E-state index in [9.17, 15) is 9.90 Å². The lowest BCUT2D eigenvalue weighted by atomic mass is 9.86. The summed E-state index contributed by atoms with van der Waals surface area (Å²) in [5, 5.41) is 10.6. The van der Waals surface area contributed by atoms with Crippen LogP contribution in [0.2, 0.25) is 0 Å². The van der Waals surface area contributed by atoms with Gasteiger partial charge in [0.05, 0.1) is 7.11 Å². The minimum absolute atomic E-state index is 0.0232. The van der Waals surface area contributed by atoms with E-state index < -0.39 is 23.0 Å². The predicted molar refractivity (Wildman–Crippen MR) is 77.0 cm³/mol. The summed E-state index contributed by atoms with van der Waals surface area (Å²) in [5.74, 6) is -2.03. The SMILES string of the molecule is COc1ccc(CC2(O)OC(C)(C)C(C)(C)OC2=O)cc1. The molecule has 1 atom stereocenters. The quantitative estimate of drug-likeness (QED) is 0.864. The zero-order valence-electron chi connectivity index (χ0n) is 13.1. The first-order valence-corrected chi connectivity index (χ1v) is 6.89. The molecule has 2 rings (SSSR count). The Morgan fingerprint density at radius 1 is 1.10 bits per heavy atom. The van der Waals surface area contributed by atoms with Gasteiger partial charge in [-0.25, -0.2) is 4.79 Å². The minimum atomic E-state index is -1.98. The zero-order chi connectivity index (χ0) is 15.9. The van der Waals surface area contributed by atoms with Crippen LogP contribution < -0.4 is 4.74 Å². The van der Waals surface area contributed by atoms with Crippen molar-refractivity contribution in [3.63, 3.8) is 0 Å². The second-order valence-corrected chi connectivity index (χ2v) is 6.32. The monoisotopic (exact) mass is 294 g/mol. The molecule has 5 nitrogen and oxygen atoms in total. The van der Waals surface area contributed by atoms with Gasteiger partial charge in [-0.1, -0.05) is 12.1 Å². The molecule has 1 N–H and O–H groups in total. The van der Waals surface area contributed by atoms with Gasteiger partial charge in [0, 0.05) is 6.42 Å². The lowest BCUT2D eigenvalue weighted by molar-refractivity contribution is -0.332. The summed E-state index contributed by atoms with van der Waals surface area (Å²) >= 11 is 0. The molecule has 21 heavy (non-hydrogen) atoms. The van der Waals surface area contributed by atoms with E-state index in [-0.39, 0.29) is 6.42 Å². The third kappa shape index (κ3) is 2.89. The van der Waals surface area contributed by atoms with Gasteiger partial charge < -0.3 is 19.3 Å². The molecular formula is C16H22O5. The Bertz CT molecular complexity index is 532. The smallest absolute Gasteiger partial charge is 0.367 e. The number of hydrogen-bond acceptors (Lipinski definition) is 5. The van der Waals surface area contributed by atoms with Crippen molar-refractivity contribution in [1.82, 2.24) is 0 Å². The largest absolute Gasteiger partial charge is 0.497 e. The molecule has 1 heterocycles. The number of carbonyl (C=O) groups is 1. The molecule has 0 aliphatic carbocycles. The van der Waals surface area contributed by atoms with Gasteiger partial charge >= 0.3 is 5.97 Å². The van der Waals surface area contributed by atoms with Crippen LogP contribution >= 0.6 is 0 Å². The van der Waals surface area contributed by atoms with Crippen molar-refractivity contribution in [2.45, 2.75) is 51.1 Å². The van der Waals surface area contributed by atoms with Crippen molar-refractivity contribution in [3.8, 4) is 5.75 Å². The fraction of sp³-hybridized carbons (Fsp3) is 0.562. The molecule has 1 saturated heterocycles. The average Bonchev–Trinajstić information content (AvgIpc) is 2.37. The van der Waals surface area contributed by atoms with Crippen LogP contribution in [-0.4, -0.2) is 35.2 Å². The molecule has 1 aromatic rings. The number of ether oxygens (including phenoxy) is 3. The van der Waals surface area contributed by atoms with Crippen molar-refractivity contribution in [1.29, 1.82) is 0 Å². The Hall–Kier alpha value is -1.59. The Morgan fingerprint density at radius 2 is 1.67 bits per heavy atom. The van der Waals surface area contributed by atoms with Crippen LogP contribution in [-0.2, 0) is 20.7 Å². The number of methoxy groups -OCH3 is 1. The van der Waals surface area contributed by atoms with Crippen LogP contribution in [0.1, 0.15) is 33.3 Å². The topological polar surface area (TPSA) is 65.0 Å². The first-order valence-electron chi connectivity index (χ1n) is 6.89. The highest BCUT2D eigenvalue weighted by Gasteiger charge is 2.57. The van der Waals surface area contributed by atoms with Crippen LogP contribution in [0.25, 0.3) is 0 Å². The summed E-state index contributed by atoms with van der Waals surface area (Å²) < 4.78 is 16.2. The number of rotatable bonds is 3. The summed E-state index contributed by atoms with van der Waals surface area (Å²) in [7, 11) is 1.58. The molecule has 0 spiro atoms. The Morgan fingerprint density at radius 3 is 2.19 bits per heavy atom. The van der Waals surface area contributed by atoms with Crippen LogP contribution in [0.3, 0.4) is 0 Å². The Kier molecular flexibility index (Phi) is 3.76. The summed E-state index contributed by atoms with van der Waals surface area (Å²) in [4.78, 5) is 12.1. The molecule has 1 unspecified atom stereocenters. The normalized spacial score (nSPS) is 27.0. The van der Waals surface area contributed by atoms with E-state index in [4.69, 9.17) is 14.2 Å². The fourth-order valence-electron chi connectivity index (χ4n) is 2.15. The molecule has 1 aliphatic heterocycles. The van der Waals surface area contributed by atoms with E-state index in [0.717, 1.165) is 5.56 Å². The molecular weight excluding hydrogens is 272 g/mol. The van der Waals surface area contributed by atoms with E-state index in [2.05, 4.69) is 0 Å². The van der Waals surface area contributed by atoms with Crippen LogP contribution in [0.15, 0.2) is 24.3 Å². The molecule has 0 radical (unpaired) electrons. The summed E-state index contributed by atoms with van der Waals surface area (Å²) in [6.45, 7) is 7.10. The predicted octanol–water partition coefficient (Wildman–Crippen LogP) is 2.06. The van der Waals surface area contributed by atoms with E-state index >= 15 is 0 Å². The molecule has 0 bridgehead atoms. The fourth-order valence-corrected chi connectivity index (χ4v) is 2.15. The van der Waals surface area contributed by atoms with E-state index in [1.165, 1.54) is 0 Å². The number of carbonyl (C=O) groups excluding carboxylic acids is 1. The Balaban J connectivity index is 2.23. The third-order valence-corrected chi connectivity index (χ3v) is 4.14. The lowest BCUT2D eigenvalue weighted by Gasteiger charge is -2.49. The van der Waals surface area contributed by atoms with E-state index in [1.54, 1.807) is 59.1 Å². The van der Waals surface area contributed by atoms with Gasteiger partial charge in [0.25, 0.3) is 5.79 Å². The molecule has 0 saturated carbocycles. The third-order valence-electron chi connectivity index (χ3n) is 4.14. The molecule has 1 aromatic carbocycles. The summed E-state index contributed by atoms with van der Waals surface area (Å²) in [5.41, 5.74) is -0.857. The van der Waals surface area contributed by atoms with Crippen molar-refractivity contribution < 1.29 is 24.1 Å². The van der Waals surface area contributed by atoms with Crippen molar-refractivity contribution >= 4 is 5.97 Å². The first-order chi connectivity index (χ1) is 9.60. The lowest BCUT2D eigenvalue weighted by Crippen LogP contribution is -2.65. The highest BCUT2D eigenvalue weighted by molar-refractivity contribution is 5.79. The van der Waals surface area contributed by atoms with Gasteiger partial charge in [0.15, 0.2) is 0 Å². The number of esters is 1. The van der Waals surface area contributed by atoms with Gasteiger partial charge in [-0.05, 0) is 45.4 Å². The van der Waals surface area contributed by atoms with Gasteiger partial charge in [0.2, 0.25) is 0 Å². The van der Waals surface area contributed by atoms with Gasteiger partial charge in [-0.15, -0.1) is 0 Å². The Labute approximate surface area is 124 Å². The summed E-state index contributed by atoms with van der Waals surface area (Å²) in [6.07, 6.45) is 0.0232. The van der Waals surface area contributed by atoms with Crippen LogP contribution in [0.4, 0.5) is 0 Å². The molecule has 0 aromatic heterocycles. The maximum absolute atomic E-state index is 12.1. The van der Waals surface area contributed by atoms with Crippen LogP contribution in [0.5, 0.6) is 5.75 Å². The second kappa shape index (κ2) is 5.00. The standard InChI is InChI=1S/C16H22O5/c1-14(2)15(3,4)21-16(18,13(17)20-14)10-11-6-8-12(19-5)9-7-11/h6-9,18H,10H2,1-5H3. The first kappa shape index (κ1) is 15.8. The van der Waals surface area contributed by atoms with Crippen molar-refractivity contribution in [2.24, 2.45) is 0 Å².